The fourth-order valence-electron chi connectivity index (χ4n) is 3.46. The highest BCUT2D eigenvalue weighted by Crippen LogP contribution is 2.34. The zero-order valence-electron chi connectivity index (χ0n) is 17.4. The van der Waals surface area contributed by atoms with E-state index in [0.29, 0.717) is 35.7 Å². The Morgan fingerprint density at radius 3 is 2.60 bits per heavy atom. The summed E-state index contributed by atoms with van der Waals surface area (Å²) in [4.78, 5) is 38.7. The zero-order valence-corrected chi connectivity index (χ0v) is 18.2. The quantitative estimate of drug-likeness (QED) is 0.377. The molecule has 1 saturated heterocycles. The predicted octanol–water partition coefficient (Wildman–Crippen LogP) is 3.95. The van der Waals surface area contributed by atoms with Gasteiger partial charge < -0.3 is 14.0 Å². The number of thioether (sulfide) groups is 1. The molecule has 1 aliphatic heterocycles. The van der Waals surface area contributed by atoms with Crippen molar-refractivity contribution in [3.63, 3.8) is 0 Å². The lowest BCUT2D eigenvalue weighted by Crippen LogP contribution is -2.29. The molecule has 1 aliphatic rings. The Labute approximate surface area is 179 Å². The van der Waals surface area contributed by atoms with E-state index in [4.69, 9.17) is 9.47 Å². The number of rotatable bonds is 7. The summed E-state index contributed by atoms with van der Waals surface area (Å²) in [5.41, 5.74) is 3.72. The van der Waals surface area contributed by atoms with E-state index in [2.05, 4.69) is 0 Å². The average Bonchev–Trinajstić information content (AvgIpc) is 3.16. The Morgan fingerprint density at radius 1 is 1.17 bits per heavy atom. The van der Waals surface area contributed by atoms with Crippen LogP contribution in [0.4, 0.5) is 4.79 Å². The van der Waals surface area contributed by atoms with Gasteiger partial charge in [-0.25, -0.2) is 4.79 Å². The van der Waals surface area contributed by atoms with Crippen molar-refractivity contribution in [1.29, 1.82) is 0 Å². The van der Waals surface area contributed by atoms with Crippen LogP contribution in [0.15, 0.2) is 35.2 Å². The van der Waals surface area contributed by atoms with Crippen molar-refractivity contribution in [3.8, 4) is 5.69 Å². The minimum atomic E-state index is -0.420. The molecule has 1 aromatic carbocycles. The van der Waals surface area contributed by atoms with Crippen molar-refractivity contribution in [2.75, 3.05) is 27.4 Å². The van der Waals surface area contributed by atoms with Gasteiger partial charge in [0.25, 0.3) is 11.1 Å². The molecule has 7 nitrogen and oxygen atoms in total. The van der Waals surface area contributed by atoms with E-state index in [-0.39, 0.29) is 11.1 Å². The second-order valence-electron chi connectivity index (χ2n) is 6.85. The van der Waals surface area contributed by atoms with Crippen LogP contribution in [0.2, 0.25) is 0 Å². The van der Waals surface area contributed by atoms with E-state index >= 15 is 0 Å². The monoisotopic (exact) mass is 428 g/mol. The number of para-hydroxylation sites is 1. The number of ether oxygens (including phenoxy) is 2. The van der Waals surface area contributed by atoms with Crippen LogP contribution in [0.3, 0.4) is 0 Å². The first-order chi connectivity index (χ1) is 14.4. The van der Waals surface area contributed by atoms with Crippen LogP contribution in [0.25, 0.3) is 11.8 Å². The molecule has 0 saturated carbocycles. The first kappa shape index (κ1) is 21.9. The predicted molar refractivity (Wildman–Crippen MR) is 116 cm³/mol. The first-order valence-electron chi connectivity index (χ1n) is 9.50. The summed E-state index contributed by atoms with van der Waals surface area (Å²) in [6.07, 6.45) is 2.33. The average molecular weight is 429 g/mol. The Bertz CT molecular complexity index is 1020. The normalized spacial score (nSPS) is 15.3. The molecule has 0 unspecified atom stereocenters. The number of esters is 1. The molecule has 0 atom stereocenters. The number of hydrogen-bond donors (Lipinski definition) is 0. The minimum absolute atomic E-state index is 0.271. The van der Waals surface area contributed by atoms with Crippen molar-refractivity contribution in [2.24, 2.45) is 0 Å². The van der Waals surface area contributed by atoms with Crippen molar-refractivity contribution < 1.29 is 23.9 Å². The maximum absolute atomic E-state index is 12.7. The van der Waals surface area contributed by atoms with Gasteiger partial charge in [0.05, 0.1) is 23.3 Å². The Balaban J connectivity index is 1.95. The largest absolute Gasteiger partial charge is 0.465 e. The molecule has 158 valence electrons. The summed E-state index contributed by atoms with van der Waals surface area (Å²) in [5.74, 6) is -0.710. The Kier molecular flexibility index (Phi) is 6.79. The third-order valence-corrected chi connectivity index (χ3v) is 5.82. The van der Waals surface area contributed by atoms with Crippen LogP contribution < -0.4 is 0 Å². The van der Waals surface area contributed by atoms with Crippen molar-refractivity contribution in [2.45, 2.75) is 20.3 Å². The van der Waals surface area contributed by atoms with Gasteiger partial charge in [0.2, 0.25) is 0 Å². The van der Waals surface area contributed by atoms with E-state index in [9.17, 15) is 14.4 Å². The van der Waals surface area contributed by atoms with Crippen LogP contribution in [0.5, 0.6) is 0 Å². The number of aromatic nitrogens is 1. The molecule has 0 radical (unpaired) electrons. The number of carbonyl (C=O) groups excluding carboxylic acids is 3. The number of amides is 2. The lowest BCUT2D eigenvalue weighted by Gasteiger charge is -2.13. The van der Waals surface area contributed by atoms with Crippen LogP contribution in [0, 0.1) is 13.8 Å². The van der Waals surface area contributed by atoms with Crippen LogP contribution in [-0.4, -0.2) is 54.0 Å². The summed E-state index contributed by atoms with van der Waals surface area (Å²) in [6.45, 7) is 4.66. The molecule has 0 spiro atoms. The van der Waals surface area contributed by atoms with Crippen molar-refractivity contribution in [3.05, 3.63) is 57.8 Å². The molecule has 2 amide bonds. The van der Waals surface area contributed by atoms with Gasteiger partial charge in [-0.05, 0) is 61.9 Å². The van der Waals surface area contributed by atoms with E-state index < -0.39 is 5.97 Å². The fourth-order valence-corrected chi connectivity index (χ4v) is 4.31. The smallest absolute Gasteiger partial charge is 0.339 e. The van der Waals surface area contributed by atoms with Crippen LogP contribution in [0.1, 0.15) is 33.7 Å². The highest BCUT2D eigenvalue weighted by molar-refractivity contribution is 8.18. The molecular weight excluding hydrogens is 404 g/mol. The lowest BCUT2D eigenvalue weighted by molar-refractivity contribution is -0.122. The van der Waals surface area contributed by atoms with Gasteiger partial charge in [-0.3, -0.25) is 14.5 Å². The summed E-state index contributed by atoms with van der Waals surface area (Å²) < 4.78 is 11.8. The second kappa shape index (κ2) is 9.32. The van der Waals surface area contributed by atoms with Gasteiger partial charge in [-0.15, -0.1) is 0 Å². The summed E-state index contributed by atoms with van der Waals surface area (Å²) in [7, 11) is 2.94. The fraction of sp³-hybridized carbons (Fsp3) is 0.318. The van der Waals surface area contributed by atoms with E-state index in [0.717, 1.165) is 28.7 Å². The second-order valence-corrected chi connectivity index (χ2v) is 7.84. The molecule has 0 bridgehead atoms. The number of aryl methyl sites for hydroxylation is 1. The van der Waals surface area contributed by atoms with Gasteiger partial charge >= 0.3 is 5.97 Å². The van der Waals surface area contributed by atoms with Gasteiger partial charge in [0, 0.05) is 31.6 Å². The highest BCUT2D eigenvalue weighted by atomic mass is 32.2. The number of imide groups is 1. The molecule has 8 heteroatoms. The van der Waals surface area contributed by atoms with Gasteiger partial charge in [-0.1, -0.05) is 12.1 Å². The lowest BCUT2D eigenvalue weighted by atomic mass is 10.1. The third-order valence-electron chi connectivity index (χ3n) is 4.91. The minimum Gasteiger partial charge on any atom is -0.465 e. The third kappa shape index (κ3) is 4.20. The van der Waals surface area contributed by atoms with Crippen molar-refractivity contribution in [1.82, 2.24) is 9.47 Å². The molecule has 3 rings (SSSR count). The van der Waals surface area contributed by atoms with Gasteiger partial charge in [0.1, 0.15) is 0 Å². The standard InChI is InChI=1S/C22H24N2O5S/c1-14-12-16(13-19-20(25)23(22(27)30-19)10-7-11-28-3)15(2)24(14)18-9-6-5-8-17(18)21(26)29-4/h5-6,8-9,12-13H,7,10-11H2,1-4H3/b19-13+. The van der Waals surface area contributed by atoms with Crippen molar-refractivity contribution >= 4 is 35.0 Å². The summed E-state index contributed by atoms with van der Waals surface area (Å²) in [6, 6.07) is 9.13. The molecule has 2 aromatic rings. The molecule has 0 N–H and O–H groups in total. The Hall–Kier alpha value is -2.84. The molecule has 1 aromatic heterocycles. The van der Waals surface area contributed by atoms with Gasteiger partial charge in [0.15, 0.2) is 0 Å². The maximum atomic E-state index is 12.7. The summed E-state index contributed by atoms with van der Waals surface area (Å²) >= 11 is 0.940. The number of benzene rings is 1. The van der Waals surface area contributed by atoms with Gasteiger partial charge in [-0.2, -0.15) is 0 Å². The van der Waals surface area contributed by atoms with E-state index in [1.807, 2.05) is 36.6 Å². The van der Waals surface area contributed by atoms with E-state index in [1.54, 1.807) is 25.3 Å². The number of nitrogens with zero attached hydrogens (tertiary/aromatic N) is 2. The van der Waals surface area contributed by atoms with E-state index in [1.165, 1.54) is 12.0 Å². The molecule has 30 heavy (non-hydrogen) atoms. The maximum Gasteiger partial charge on any atom is 0.339 e. The topological polar surface area (TPSA) is 77.8 Å². The molecular formula is C22H24N2O5S. The Morgan fingerprint density at radius 2 is 1.90 bits per heavy atom. The highest BCUT2D eigenvalue weighted by Gasteiger charge is 2.34. The number of carbonyl (C=O) groups is 3. The summed E-state index contributed by atoms with van der Waals surface area (Å²) in [5, 5.41) is -0.271. The molecule has 2 heterocycles. The number of methoxy groups -OCH3 is 2. The van der Waals surface area contributed by atoms with Crippen LogP contribution >= 0.6 is 11.8 Å². The number of hydrogen-bond acceptors (Lipinski definition) is 6. The zero-order chi connectivity index (χ0) is 21.8. The molecule has 0 aliphatic carbocycles. The molecule has 1 fully saturated rings. The first-order valence-corrected chi connectivity index (χ1v) is 10.3. The SMILES string of the molecule is COCCCN1C(=O)S/C(=C/c2cc(C)n(-c3ccccc3C(=O)OC)c2C)C1=O. The van der Waals surface area contributed by atoms with Crippen LogP contribution in [-0.2, 0) is 14.3 Å².